The van der Waals surface area contributed by atoms with Crippen molar-refractivity contribution in [3.8, 4) is 0 Å². The summed E-state index contributed by atoms with van der Waals surface area (Å²) in [5.41, 5.74) is 2.43. The number of halogens is 1. The number of pyridine rings is 3. The Hall–Kier alpha value is -3.74. The van der Waals surface area contributed by atoms with Crippen LogP contribution < -0.4 is 23.1 Å². The van der Waals surface area contributed by atoms with Crippen LogP contribution in [0.2, 0.25) is 0 Å². The normalized spacial score (nSPS) is 24.2. The third-order valence-corrected chi connectivity index (χ3v) is 22.5. The van der Waals surface area contributed by atoms with E-state index in [1.165, 1.54) is 17.7 Å². The van der Waals surface area contributed by atoms with Crippen LogP contribution in [0.4, 0.5) is 0 Å². The number of ether oxygens (including phenoxy) is 10. The first-order valence-electron chi connectivity index (χ1n) is 32.0. The van der Waals surface area contributed by atoms with Crippen LogP contribution in [0.15, 0.2) is 93.3 Å². The number of aromatic nitrogens is 3. The molecule has 15 atom stereocenters. The van der Waals surface area contributed by atoms with Gasteiger partial charge < -0.3 is 121 Å². The van der Waals surface area contributed by atoms with E-state index in [1.807, 2.05) is 54.6 Å². The molecule has 13 N–H and O–H groups in total. The summed E-state index contributed by atoms with van der Waals surface area (Å²) in [5.74, 6) is 2.64. The van der Waals surface area contributed by atoms with Crippen LogP contribution in [0.3, 0.4) is 0 Å². The fourth-order valence-electron chi connectivity index (χ4n) is 8.04. The van der Waals surface area contributed by atoms with Crippen LogP contribution in [0, 0.1) is 5.39 Å². The minimum Gasteiger partial charge on any atom is -1.00 e. The van der Waals surface area contributed by atoms with E-state index in [9.17, 15) is 75.0 Å². The van der Waals surface area contributed by atoms with E-state index < -0.39 is 122 Å². The molecular formula is C61H93ClN8O26S8. The summed E-state index contributed by atoms with van der Waals surface area (Å²) in [6.07, 6.45) is -12.9. The summed E-state index contributed by atoms with van der Waals surface area (Å²) < 4.78 is 51.5. The maximum atomic E-state index is 11.8. The molecule has 34 nitrogen and oxygen atoms in total. The number of aliphatic imine (C=N–C) groups is 1. The highest BCUT2D eigenvalue weighted by molar-refractivity contribution is 8.77. The SMILES string of the molecule is CC(=O)NC1C(O)OC(COC(=O)CCOCCSSc2ccccn2)C(O)C1O.CN=C(CCCSSCCOCCC(C)=O)N[N+]#N.O=C(CCOCCSSc1ccccn1)OC1OC(CO)C(O)C(O)C1O.O=C(CCOCCSSc1ccccn1)OCC1OC(O)C(O)C(O)C1O.[Cl-]. The number of carbonyl (C=O) groups is 5. The number of aliphatic hydroxyl groups is 11. The number of ketones is 1. The highest BCUT2D eigenvalue weighted by Gasteiger charge is 2.47. The fourth-order valence-corrected chi connectivity index (χ4v) is 15.2. The number of hydrogen-bond donors (Lipinski definition) is 13. The van der Waals surface area contributed by atoms with Crippen molar-refractivity contribution in [2.24, 2.45) is 4.99 Å². The number of nitrogens with zero attached hydrogens (tertiary/aromatic N) is 6. The van der Waals surface area contributed by atoms with Gasteiger partial charge >= 0.3 is 23.0 Å². The van der Waals surface area contributed by atoms with Crippen LogP contribution in [-0.2, 0) is 71.3 Å². The molecule has 3 aliphatic rings. The van der Waals surface area contributed by atoms with E-state index in [-0.39, 0.29) is 70.5 Å². The minimum atomic E-state index is -1.66. The van der Waals surface area contributed by atoms with Gasteiger partial charge in [-0.2, -0.15) is 0 Å². The maximum absolute atomic E-state index is 11.8. The molecule has 15 unspecified atom stereocenters. The number of esters is 3. The van der Waals surface area contributed by atoms with E-state index in [2.05, 4.69) is 35.8 Å². The van der Waals surface area contributed by atoms with E-state index in [1.54, 1.807) is 108 Å². The van der Waals surface area contributed by atoms with E-state index in [0.29, 0.717) is 51.0 Å². The lowest BCUT2D eigenvalue weighted by atomic mass is 9.97. The Balaban J connectivity index is 0.000000475. The van der Waals surface area contributed by atoms with Crippen LogP contribution in [0.5, 0.6) is 0 Å². The predicted molar refractivity (Wildman–Crippen MR) is 387 cm³/mol. The average molecular weight is 1650 g/mol. The second kappa shape index (κ2) is 59.2. The first-order chi connectivity index (χ1) is 49.6. The molecule has 0 bridgehead atoms. The molecule has 104 heavy (non-hydrogen) atoms. The molecule has 0 saturated carbocycles. The Morgan fingerprint density at radius 2 is 0.933 bits per heavy atom. The van der Waals surface area contributed by atoms with Gasteiger partial charge in [-0.15, -0.1) is 0 Å². The van der Waals surface area contributed by atoms with Gasteiger partial charge in [0.25, 0.3) is 5.39 Å². The Morgan fingerprint density at radius 3 is 1.37 bits per heavy atom. The Kier molecular flexibility index (Phi) is 54.8. The number of carbonyl (C=O) groups excluding carboxylic acids is 5. The lowest BCUT2D eigenvalue weighted by Gasteiger charge is -2.40. The third kappa shape index (κ3) is 42.3. The third-order valence-electron chi connectivity index (χ3n) is 13.4. The van der Waals surface area contributed by atoms with Crippen molar-refractivity contribution >= 4 is 122 Å². The number of hydrogen-bond acceptors (Lipinski definition) is 39. The number of nitrogens with one attached hydrogen (secondary N) is 2. The van der Waals surface area contributed by atoms with Crippen LogP contribution >= 0.6 is 86.4 Å². The Bertz CT molecular complexity index is 2860. The number of amides is 1. The largest absolute Gasteiger partial charge is 1.00 e. The number of amidine groups is 1. The van der Waals surface area contributed by atoms with Crippen LogP contribution in [0.1, 0.15) is 52.4 Å². The zero-order valence-electron chi connectivity index (χ0n) is 57.0. The molecule has 6 heterocycles. The number of rotatable bonds is 42. The van der Waals surface area contributed by atoms with Gasteiger partial charge in [-0.05, 0) is 82.1 Å². The summed E-state index contributed by atoms with van der Waals surface area (Å²) in [6.45, 7) is 4.56. The Labute approximate surface area is 639 Å². The molecule has 43 heteroatoms. The smallest absolute Gasteiger partial charge is 0.310 e. The molecule has 0 spiro atoms. The molecule has 3 saturated heterocycles. The zero-order valence-corrected chi connectivity index (χ0v) is 64.3. The number of aliphatic hydroxyl groups excluding tert-OH is 11. The lowest BCUT2D eigenvalue weighted by molar-refractivity contribution is -0.292. The van der Waals surface area contributed by atoms with E-state index >= 15 is 0 Å². The zero-order chi connectivity index (χ0) is 75.6. The molecule has 3 aromatic heterocycles. The van der Waals surface area contributed by atoms with Crippen molar-refractivity contribution in [3.05, 3.63) is 78.3 Å². The average Bonchev–Trinajstić information content (AvgIpc) is 0.830. The lowest BCUT2D eigenvalue weighted by Crippen LogP contribution is -3.00. The molecule has 3 fully saturated rings. The van der Waals surface area contributed by atoms with Gasteiger partial charge in [0.2, 0.25) is 12.2 Å². The molecule has 0 radical (unpaired) electrons. The van der Waals surface area contributed by atoms with E-state index in [0.717, 1.165) is 50.9 Å². The van der Waals surface area contributed by atoms with Crippen molar-refractivity contribution in [2.45, 2.75) is 160 Å². The molecular weight excluding hydrogens is 1550 g/mol. The second-order valence-corrected chi connectivity index (χ2v) is 31.4. The topological polar surface area (TPSA) is 503 Å². The first-order valence-corrected chi connectivity index (χ1v) is 41.4. The van der Waals surface area contributed by atoms with Gasteiger partial charge in [-0.1, -0.05) is 72.2 Å². The summed E-state index contributed by atoms with van der Waals surface area (Å²) in [6, 6.07) is 15.9. The fraction of sp³-hybridized carbons (Fsp3) is 0.656. The van der Waals surface area contributed by atoms with Crippen molar-refractivity contribution in [2.75, 3.05) is 108 Å². The molecule has 6 rings (SSSR count). The van der Waals surface area contributed by atoms with Gasteiger partial charge in [0.15, 0.2) is 18.4 Å². The molecule has 0 aromatic carbocycles. The maximum Gasteiger partial charge on any atom is 0.310 e. The van der Waals surface area contributed by atoms with Crippen molar-refractivity contribution < 1.29 is 140 Å². The van der Waals surface area contributed by atoms with Crippen LogP contribution in [0.25, 0.3) is 5.08 Å². The first kappa shape index (κ1) is 96.3. The summed E-state index contributed by atoms with van der Waals surface area (Å²) in [7, 11) is 14.6. The minimum absolute atomic E-state index is 0. The van der Waals surface area contributed by atoms with Gasteiger partial charge in [0.05, 0.1) is 78.7 Å². The Morgan fingerprint density at radius 1 is 0.510 bits per heavy atom. The molecule has 588 valence electrons. The highest BCUT2D eigenvalue weighted by Crippen LogP contribution is 2.31. The molecule has 3 aromatic rings. The standard InChI is InChI=1S/C18H26N2O8S2.2C16H23NO8S2.C11H21N4O2S2.ClH/c1-11(21)20-15-17(24)16(23)12(28-18(15)25)10-27-14(22)5-7-26-8-9-29-30-13-4-2-3-6-19-13;18-12(24-9-10-13(19)14(20)15(21)16(22)25-10)4-6-23-7-8-26-27-11-3-1-2-5-17-11;18-9-10-13(20)14(21)15(22)16(24-10)25-12(19)4-6-23-7-8-26-27-11-3-1-2-5-17-11;1-10(16)5-6-17-7-9-19-18-8-3-4-11(13-2)14-15-12;/h2-4,6,12,15-18,23-25H,5,7-10H2,1H3,(H,20,21);1-3,5,10,13-16,19-22H,4,6-9H2;1-3,5,10,13-16,18,20-22H,4,6-9H2;3-9H2,1-2H3,(H,13,14);1H/q;;;+1;/p-1. The van der Waals surface area contributed by atoms with Gasteiger partial charge in [0, 0.05) is 79.6 Å². The second-order valence-electron chi connectivity index (χ2n) is 21.4. The van der Waals surface area contributed by atoms with Gasteiger partial charge in [0.1, 0.15) is 107 Å². The molecule has 1 amide bonds. The number of Topliss-reactive ketones (excluding diaryl/α,β-unsaturated/α-hetero) is 1. The number of diazo groups is 1. The summed E-state index contributed by atoms with van der Waals surface area (Å²) in [4.78, 5) is 73.5. The van der Waals surface area contributed by atoms with Crippen LogP contribution in [-0.4, -0.2) is 307 Å². The van der Waals surface area contributed by atoms with Gasteiger partial charge in [-0.3, -0.25) is 29.0 Å². The quantitative estimate of drug-likeness (QED) is 0.00444. The molecule has 3 aliphatic heterocycles. The summed E-state index contributed by atoms with van der Waals surface area (Å²) in [5, 5.41) is 122. The molecule has 0 aliphatic carbocycles. The van der Waals surface area contributed by atoms with Crippen molar-refractivity contribution in [1.82, 2.24) is 25.7 Å². The monoisotopic (exact) mass is 1640 g/mol. The highest BCUT2D eigenvalue weighted by atomic mass is 35.5. The van der Waals surface area contributed by atoms with Gasteiger partial charge in [-0.25, -0.2) is 15.0 Å². The van der Waals surface area contributed by atoms with Crippen molar-refractivity contribution in [3.63, 3.8) is 0 Å². The predicted octanol–water partition coefficient (Wildman–Crippen LogP) is -1.61. The van der Waals surface area contributed by atoms with E-state index in [4.69, 9.17) is 57.9 Å². The summed E-state index contributed by atoms with van der Waals surface area (Å²) >= 11 is 0. The van der Waals surface area contributed by atoms with Crippen molar-refractivity contribution in [1.29, 1.82) is 5.39 Å².